The predicted octanol–water partition coefficient (Wildman–Crippen LogP) is -0.462. The van der Waals surface area contributed by atoms with Crippen molar-refractivity contribution in [2.75, 3.05) is 79.3 Å². The Bertz CT molecular complexity index is 2180. The highest BCUT2D eigenvalue weighted by atomic mass is 16.5. The van der Waals surface area contributed by atoms with Gasteiger partial charge in [0, 0.05) is 32.5 Å². The van der Waals surface area contributed by atoms with Crippen LogP contribution in [-0.4, -0.2) is 220 Å². The first kappa shape index (κ1) is 75.0. The second-order valence-corrected chi connectivity index (χ2v) is 21.7. The summed E-state index contributed by atoms with van der Waals surface area (Å²) in [5.41, 5.74) is 11.0. The minimum absolute atomic E-state index is 0.00319. The Labute approximate surface area is 503 Å². The van der Waals surface area contributed by atoms with Gasteiger partial charge in [-0.05, 0) is 108 Å². The van der Waals surface area contributed by atoms with Crippen molar-refractivity contribution >= 4 is 65.2 Å². The number of rotatable bonds is 53. The number of guanidine groups is 1. The monoisotopic (exact) mass is 1220 g/mol. The van der Waals surface area contributed by atoms with E-state index in [0.717, 1.165) is 49.2 Å². The molecular formula is C55H98N16O15. The Hall–Kier alpha value is -7.12. The van der Waals surface area contributed by atoms with Crippen LogP contribution in [0.25, 0.3) is 0 Å². The third-order valence-corrected chi connectivity index (χ3v) is 14.3. The molecule has 1 aliphatic heterocycles. The van der Waals surface area contributed by atoms with Gasteiger partial charge in [-0.15, -0.1) is 5.10 Å². The van der Waals surface area contributed by atoms with Crippen LogP contribution in [0.15, 0.2) is 0 Å². The van der Waals surface area contributed by atoms with Crippen molar-refractivity contribution in [1.82, 2.24) is 67.6 Å². The number of aromatic nitrogens is 4. The summed E-state index contributed by atoms with van der Waals surface area (Å²) in [6.45, 7) is 0.488. The van der Waals surface area contributed by atoms with E-state index in [-0.39, 0.29) is 103 Å². The molecule has 1 aromatic rings. The summed E-state index contributed by atoms with van der Waals surface area (Å²) in [6.07, 6.45) is 17.9. The lowest BCUT2D eigenvalue weighted by Gasteiger charge is -2.27. The number of carbonyl (C=O) groups is 10. The smallest absolute Gasteiger partial charge is 0.317 e. The Morgan fingerprint density at radius 1 is 0.616 bits per heavy atom. The van der Waals surface area contributed by atoms with E-state index < -0.39 is 103 Å². The number of nitrogens with one attached hydrogen (secondary N) is 9. The maximum absolute atomic E-state index is 13.9. The maximum Gasteiger partial charge on any atom is 0.317 e. The van der Waals surface area contributed by atoms with E-state index in [9.17, 15) is 63.3 Å². The Morgan fingerprint density at radius 2 is 1.15 bits per heavy atom. The number of hydrogen-bond acceptors (Lipinski definition) is 18. The van der Waals surface area contributed by atoms with Gasteiger partial charge in [-0.3, -0.25) is 63.2 Å². The molecule has 0 unspecified atom stereocenters. The molecule has 0 radical (unpaired) electrons. The average Bonchev–Trinajstić information content (AvgIpc) is 4.19. The number of carbonyl (C=O) groups excluding carboxylic acids is 7. The van der Waals surface area contributed by atoms with Gasteiger partial charge in [0.15, 0.2) is 5.96 Å². The van der Waals surface area contributed by atoms with Crippen molar-refractivity contribution in [3.8, 4) is 0 Å². The molecule has 0 aliphatic carbocycles. The molecule has 0 spiro atoms. The van der Waals surface area contributed by atoms with E-state index in [1.165, 1.54) is 57.8 Å². The number of likely N-dealkylation sites (N-methyl/N-ethyl adjacent to an activating group) is 1. The van der Waals surface area contributed by atoms with E-state index >= 15 is 0 Å². The standard InChI is InChI=1S/C55H98N16O15/c1-70-30-20-24-43(70)54(84)64-41(23-19-28-61-55(57)58)52(82)65-42(35-47(74)75)53(83)63-40(22-16-18-31-71(36-48(76)77)37-49(78)79)51(81)62-39(50(56)80)21-15-17-27-59-46(73)38-86-34-33-85-32-29-60-45(72)26-14-12-10-8-6-4-2-3-5-7-9-11-13-25-44-66-68-69-67-44/h39-43H,2-38H2,1H3,(H2,56,80)(H,59,73)(H,60,72)(H,62,81)(H,63,83)(H,64,84)(H,65,82)(H,74,75)(H,76,77)(H,78,79)(H4,57,58,61)(H,66,67,68,69)/t39-,40-,41-,42-,43-/m0/s1. The first-order valence-corrected chi connectivity index (χ1v) is 30.3. The van der Waals surface area contributed by atoms with Crippen LogP contribution in [0.3, 0.4) is 0 Å². The van der Waals surface area contributed by atoms with E-state index in [1.807, 2.05) is 4.90 Å². The first-order valence-electron chi connectivity index (χ1n) is 30.3. The molecule has 1 aromatic heterocycles. The number of H-pyrrole nitrogens is 1. The van der Waals surface area contributed by atoms with E-state index in [0.29, 0.717) is 32.4 Å². The van der Waals surface area contributed by atoms with E-state index in [2.05, 4.69) is 57.8 Å². The van der Waals surface area contributed by atoms with Crippen LogP contribution in [0.2, 0.25) is 0 Å². The third kappa shape index (κ3) is 37.3. The summed E-state index contributed by atoms with van der Waals surface area (Å²) in [6, 6.07) is -6.36. The van der Waals surface area contributed by atoms with Crippen LogP contribution in [0, 0.1) is 5.41 Å². The SMILES string of the molecule is CN1CCC[C@H]1C(=O)N[C@@H](CCCNC(=N)N)C(=O)N[C@@H](CC(=O)O)C(=O)N[C@@H](CCCCN(CC(=O)O)CC(=O)O)C(=O)N[C@@H](CCCCNC(=O)COCCOCCNC(=O)CCCCCCCCCCCCCCCc1nnn[nH]1)C(N)=O. The number of aryl methyl sites for hydroxylation is 1. The number of nitrogens with zero attached hydrogens (tertiary/aromatic N) is 5. The van der Waals surface area contributed by atoms with Gasteiger partial charge in [-0.2, -0.15) is 0 Å². The molecule has 0 saturated carbocycles. The Balaban J connectivity index is 1.78. The minimum atomic E-state index is -1.79. The molecule has 31 nitrogen and oxygen atoms in total. The molecule has 1 saturated heterocycles. The number of likely N-dealkylation sites (tertiary alicyclic amines) is 1. The zero-order valence-corrected chi connectivity index (χ0v) is 50.2. The molecule has 488 valence electrons. The molecular weight excluding hydrogens is 1120 g/mol. The predicted molar refractivity (Wildman–Crippen MR) is 314 cm³/mol. The fourth-order valence-corrected chi connectivity index (χ4v) is 9.64. The number of carboxylic acids is 3. The van der Waals surface area contributed by atoms with Crippen molar-refractivity contribution in [2.24, 2.45) is 11.5 Å². The van der Waals surface area contributed by atoms with Crippen LogP contribution in [0.1, 0.15) is 166 Å². The summed E-state index contributed by atoms with van der Waals surface area (Å²) in [5.74, 6) is -8.28. The van der Waals surface area contributed by atoms with Gasteiger partial charge in [-0.1, -0.05) is 70.6 Å². The molecule has 2 heterocycles. The number of carboxylic acid groups (broad SMARTS) is 3. The second kappa shape index (κ2) is 46.1. The number of aliphatic carboxylic acids is 3. The highest BCUT2D eigenvalue weighted by molar-refractivity contribution is 5.97. The summed E-state index contributed by atoms with van der Waals surface area (Å²) < 4.78 is 10.9. The van der Waals surface area contributed by atoms with E-state index in [4.69, 9.17) is 26.4 Å². The van der Waals surface area contributed by atoms with Gasteiger partial charge in [0.2, 0.25) is 41.4 Å². The van der Waals surface area contributed by atoms with Gasteiger partial charge in [0.05, 0.1) is 45.4 Å². The van der Waals surface area contributed by atoms with Crippen molar-refractivity contribution in [2.45, 2.75) is 197 Å². The minimum Gasteiger partial charge on any atom is -0.481 e. The average molecular weight is 1220 g/mol. The first-order chi connectivity index (χ1) is 41.2. The topological polar surface area (TPSA) is 471 Å². The van der Waals surface area contributed by atoms with Crippen molar-refractivity contribution < 1.29 is 72.7 Å². The fraction of sp³-hybridized carbons (Fsp3) is 0.782. The Morgan fingerprint density at radius 3 is 1.73 bits per heavy atom. The molecule has 31 heteroatoms. The summed E-state index contributed by atoms with van der Waals surface area (Å²) in [4.78, 5) is 130. The molecule has 5 atom stereocenters. The van der Waals surface area contributed by atoms with Crippen molar-refractivity contribution in [3.63, 3.8) is 0 Å². The zero-order valence-electron chi connectivity index (χ0n) is 50.2. The molecule has 0 bridgehead atoms. The lowest BCUT2D eigenvalue weighted by Crippen LogP contribution is -2.59. The number of nitrogens with two attached hydrogens (primary N) is 2. The van der Waals surface area contributed by atoms with Crippen LogP contribution < -0.4 is 48.7 Å². The number of aromatic amines is 1. The third-order valence-electron chi connectivity index (χ3n) is 14.3. The Kier molecular flexibility index (Phi) is 40.2. The largest absolute Gasteiger partial charge is 0.481 e. The lowest BCUT2D eigenvalue weighted by molar-refractivity contribution is -0.142. The maximum atomic E-state index is 13.9. The van der Waals surface area contributed by atoms with Crippen LogP contribution in [0.4, 0.5) is 0 Å². The summed E-state index contributed by atoms with van der Waals surface area (Å²) >= 11 is 0. The normalized spacial score (nSPS) is 14.5. The molecule has 1 aliphatic rings. The molecule has 7 amide bonds. The summed E-state index contributed by atoms with van der Waals surface area (Å²) in [5, 5.41) is 67.8. The quantitative estimate of drug-likeness (QED) is 0.0223. The van der Waals surface area contributed by atoms with Crippen LogP contribution in [0.5, 0.6) is 0 Å². The second-order valence-electron chi connectivity index (χ2n) is 21.7. The number of hydrogen-bond donors (Lipinski definition) is 14. The molecule has 2 rings (SSSR count). The molecule has 0 aromatic carbocycles. The highest BCUT2D eigenvalue weighted by Crippen LogP contribution is 2.17. The molecule has 1 fully saturated rings. The fourth-order valence-electron chi connectivity index (χ4n) is 9.64. The lowest BCUT2D eigenvalue weighted by atomic mass is 10.0. The number of ether oxygens (including phenoxy) is 2. The number of tetrazole rings is 1. The van der Waals surface area contributed by atoms with Gasteiger partial charge >= 0.3 is 17.9 Å². The van der Waals surface area contributed by atoms with Gasteiger partial charge < -0.3 is 73.5 Å². The highest BCUT2D eigenvalue weighted by Gasteiger charge is 2.34. The summed E-state index contributed by atoms with van der Waals surface area (Å²) in [7, 11) is 1.75. The van der Waals surface area contributed by atoms with E-state index in [1.54, 1.807) is 7.05 Å². The molecule has 86 heavy (non-hydrogen) atoms. The van der Waals surface area contributed by atoms with Crippen LogP contribution in [-0.2, 0) is 63.8 Å². The molecule has 16 N–H and O–H groups in total. The number of unbranched alkanes of at least 4 members (excludes halogenated alkanes) is 14. The zero-order chi connectivity index (χ0) is 63.3. The van der Waals surface area contributed by atoms with Gasteiger partial charge in [0.25, 0.3) is 0 Å². The van der Waals surface area contributed by atoms with Crippen LogP contribution >= 0.6 is 0 Å². The van der Waals surface area contributed by atoms with Gasteiger partial charge in [0.1, 0.15) is 36.6 Å². The number of amides is 7. The number of primary amides is 1. The van der Waals surface area contributed by atoms with Gasteiger partial charge in [-0.25, -0.2) is 5.10 Å². The van der Waals surface area contributed by atoms with Crippen molar-refractivity contribution in [3.05, 3.63) is 5.82 Å². The van der Waals surface area contributed by atoms with Crippen molar-refractivity contribution in [1.29, 1.82) is 5.41 Å².